The van der Waals surface area contributed by atoms with Gasteiger partial charge in [0.1, 0.15) is 0 Å². The maximum absolute atomic E-state index is 12.5. The molecule has 4 bridgehead atoms. The highest BCUT2D eigenvalue weighted by Gasteiger charge is 2.53. The van der Waals surface area contributed by atoms with Crippen LogP contribution in [0.3, 0.4) is 0 Å². The summed E-state index contributed by atoms with van der Waals surface area (Å²) in [6.45, 7) is 7.63. The monoisotopic (exact) mass is 276 g/mol. The van der Waals surface area contributed by atoms with Crippen molar-refractivity contribution >= 4 is 6.03 Å². The summed E-state index contributed by atoms with van der Waals surface area (Å²) >= 11 is 0. The Kier molecular flexibility index (Phi) is 2.69. The molecule has 1 aliphatic heterocycles. The Hall–Kier alpha value is -0.730. The highest BCUT2D eigenvalue weighted by molar-refractivity contribution is 5.77. The number of nitrogens with one attached hydrogen (secondary N) is 1. The standard InChI is InChI=1S/C17H28N2O/c1-17(2,3)14-9-19(16(20)18-14)15-12-5-10-4-11(7-12)8-13(15)6-10/h10-15H,4-9H2,1-3H3,(H,18,20)/t10?,11?,12?,13?,14-,15?/m0/s1. The first-order valence-corrected chi connectivity index (χ1v) is 8.49. The highest BCUT2D eigenvalue weighted by Crippen LogP contribution is 2.55. The number of rotatable bonds is 1. The van der Waals surface area contributed by atoms with Crippen molar-refractivity contribution in [3.8, 4) is 0 Å². The van der Waals surface area contributed by atoms with Crippen molar-refractivity contribution in [2.75, 3.05) is 6.54 Å². The van der Waals surface area contributed by atoms with Gasteiger partial charge in [-0.3, -0.25) is 0 Å². The lowest BCUT2D eigenvalue weighted by Gasteiger charge is -2.56. The van der Waals surface area contributed by atoms with Crippen LogP contribution in [0, 0.1) is 29.1 Å². The zero-order chi connectivity index (χ0) is 14.1. The number of carbonyl (C=O) groups is 1. The van der Waals surface area contributed by atoms with Crippen molar-refractivity contribution in [2.45, 2.75) is 65.0 Å². The summed E-state index contributed by atoms with van der Waals surface area (Å²) in [5.41, 5.74) is 0.163. The van der Waals surface area contributed by atoms with Crippen LogP contribution in [0.5, 0.6) is 0 Å². The number of urea groups is 1. The van der Waals surface area contributed by atoms with Crippen molar-refractivity contribution in [3.05, 3.63) is 0 Å². The maximum atomic E-state index is 12.5. The highest BCUT2D eigenvalue weighted by atomic mass is 16.2. The minimum Gasteiger partial charge on any atom is -0.333 e. The van der Waals surface area contributed by atoms with E-state index in [1.807, 2.05) is 0 Å². The maximum Gasteiger partial charge on any atom is 0.318 e. The molecule has 3 nitrogen and oxygen atoms in total. The first-order valence-electron chi connectivity index (χ1n) is 8.49. The molecule has 0 spiro atoms. The normalized spacial score (nSPS) is 47.0. The summed E-state index contributed by atoms with van der Waals surface area (Å²) in [4.78, 5) is 14.7. The van der Waals surface area contributed by atoms with Gasteiger partial charge in [0, 0.05) is 12.6 Å². The molecule has 1 heterocycles. The Balaban J connectivity index is 1.55. The number of nitrogens with zero attached hydrogens (tertiary/aromatic N) is 1. The van der Waals surface area contributed by atoms with Crippen LogP contribution in [0.25, 0.3) is 0 Å². The van der Waals surface area contributed by atoms with Crippen LogP contribution in [0.1, 0.15) is 52.9 Å². The molecule has 4 aliphatic carbocycles. The molecule has 5 rings (SSSR count). The second kappa shape index (κ2) is 4.14. The number of carbonyl (C=O) groups excluding carboxylic acids is 1. The van der Waals surface area contributed by atoms with E-state index in [2.05, 4.69) is 31.0 Å². The summed E-state index contributed by atoms with van der Waals surface area (Å²) in [5.74, 6) is 3.57. The molecule has 2 amide bonds. The molecule has 0 radical (unpaired) electrons. The van der Waals surface area contributed by atoms with Gasteiger partial charge >= 0.3 is 6.03 Å². The van der Waals surface area contributed by atoms with Gasteiger partial charge in [-0.15, -0.1) is 0 Å². The zero-order valence-electron chi connectivity index (χ0n) is 13.1. The van der Waals surface area contributed by atoms with Crippen LogP contribution in [0.15, 0.2) is 0 Å². The smallest absolute Gasteiger partial charge is 0.318 e. The predicted molar refractivity (Wildman–Crippen MR) is 79.3 cm³/mol. The molecule has 5 fully saturated rings. The molecule has 0 aromatic carbocycles. The second-order valence-corrected chi connectivity index (χ2v) is 8.94. The fraction of sp³-hybridized carbons (Fsp3) is 0.941. The number of amides is 2. The molecular formula is C17H28N2O. The summed E-state index contributed by atoms with van der Waals surface area (Å²) in [7, 11) is 0. The van der Waals surface area contributed by atoms with E-state index >= 15 is 0 Å². The number of hydrogen-bond acceptors (Lipinski definition) is 1. The van der Waals surface area contributed by atoms with Crippen LogP contribution in [-0.4, -0.2) is 29.6 Å². The molecule has 4 saturated carbocycles. The molecule has 0 unspecified atom stereocenters. The van der Waals surface area contributed by atoms with Crippen molar-refractivity contribution < 1.29 is 4.79 Å². The van der Waals surface area contributed by atoms with E-state index in [0.29, 0.717) is 12.1 Å². The summed E-state index contributed by atoms with van der Waals surface area (Å²) in [6, 6.07) is 1.07. The lowest BCUT2D eigenvalue weighted by Crippen LogP contribution is -2.56. The lowest BCUT2D eigenvalue weighted by molar-refractivity contribution is -0.0479. The molecule has 3 heteroatoms. The third kappa shape index (κ3) is 1.88. The minimum absolute atomic E-state index is 0.163. The molecule has 1 atom stereocenters. The SMILES string of the molecule is CC(C)(C)[C@@H]1CN(C2C3CC4CC(C3)CC2C4)C(=O)N1. The second-order valence-electron chi connectivity index (χ2n) is 8.94. The molecule has 112 valence electrons. The molecule has 1 N–H and O–H groups in total. The molecule has 1 saturated heterocycles. The fourth-order valence-electron chi connectivity index (χ4n) is 5.71. The largest absolute Gasteiger partial charge is 0.333 e. The summed E-state index contributed by atoms with van der Waals surface area (Å²) < 4.78 is 0. The van der Waals surface area contributed by atoms with Gasteiger partial charge in [0.2, 0.25) is 0 Å². The molecular weight excluding hydrogens is 248 g/mol. The van der Waals surface area contributed by atoms with Crippen LogP contribution in [0.4, 0.5) is 4.79 Å². The first kappa shape index (κ1) is 13.0. The van der Waals surface area contributed by atoms with Gasteiger partial charge in [-0.25, -0.2) is 4.79 Å². The van der Waals surface area contributed by atoms with E-state index in [9.17, 15) is 4.79 Å². The number of hydrogen-bond donors (Lipinski definition) is 1. The van der Waals surface area contributed by atoms with Crippen LogP contribution < -0.4 is 5.32 Å². The van der Waals surface area contributed by atoms with E-state index in [0.717, 1.165) is 30.2 Å². The molecule has 0 aromatic heterocycles. The minimum atomic E-state index is 0.163. The van der Waals surface area contributed by atoms with Crippen LogP contribution >= 0.6 is 0 Å². The van der Waals surface area contributed by atoms with Gasteiger partial charge in [0.25, 0.3) is 0 Å². The Morgan fingerprint density at radius 1 is 1.00 bits per heavy atom. The van der Waals surface area contributed by atoms with E-state index in [1.54, 1.807) is 0 Å². The predicted octanol–water partition coefficient (Wildman–Crippen LogP) is 3.25. The van der Waals surface area contributed by atoms with Crippen molar-refractivity contribution in [1.29, 1.82) is 0 Å². The van der Waals surface area contributed by atoms with Gasteiger partial charge in [-0.05, 0) is 61.2 Å². The van der Waals surface area contributed by atoms with E-state index in [1.165, 1.54) is 32.1 Å². The van der Waals surface area contributed by atoms with Crippen molar-refractivity contribution in [2.24, 2.45) is 29.1 Å². The van der Waals surface area contributed by atoms with Gasteiger partial charge < -0.3 is 10.2 Å². The Morgan fingerprint density at radius 2 is 1.55 bits per heavy atom. The van der Waals surface area contributed by atoms with Gasteiger partial charge in [0.15, 0.2) is 0 Å². The average Bonchev–Trinajstić information content (AvgIpc) is 2.70. The first-order chi connectivity index (χ1) is 9.41. The van der Waals surface area contributed by atoms with E-state index in [4.69, 9.17) is 0 Å². The van der Waals surface area contributed by atoms with Crippen LogP contribution in [0.2, 0.25) is 0 Å². The van der Waals surface area contributed by atoms with Gasteiger partial charge in [-0.2, -0.15) is 0 Å². The van der Waals surface area contributed by atoms with E-state index in [-0.39, 0.29) is 11.4 Å². The third-order valence-electron chi connectivity index (χ3n) is 6.52. The van der Waals surface area contributed by atoms with Gasteiger partial charge in [-0.1, -0.05) is 20.8 Å². The summed E-state index contributed by atoms with van der Waals surface area (Å²) in [5, 5.41) is 3.24. The van der Waals surface area contributed by atoms with E-state index < -0.39 is 0 Å². The molecule has 0 aromatic rings. The molecule has 5 aliphatic rings. The Bertz CT molecular complexity index is 397. The zero-order valence-corrected chi connectivity index (χ0v) is 13.1. The summed E-state index contributed by atoms with van der Waals surface area (Å²) in [6.07, 6.45) is 7.04. The Morgan fingerprint density at radius 3 is 2.00 bits per heavy atom. The quantitative estimate of drug-likeness (QED) is 0.783. The van der Waals surface area contributed by atoms with Crippen molar-refractivity contribution in [3.63, 3.8) is 0 Å². The topological polar surface area (TPSA) is 32.3 Å². The average molecular weight is 276 g/mol. The fourth-order valence-corrected chi connectivity index (χ4v) is 5.71. The Labute approximate surface area is 122 Å². The molecule has 20 heavy (non-hydrogen) atoms. The van der Waals surface area contributed by atoms with Gasteiger partial charge in [0.05, 0.1) is 6.04 Å². The third-order valence-corrected chi connectivity index (χ3v) is 6.52. The van der Waals surface area contributed by atoms with Crippen molar-refractivity contribution in [1.82, 2.24) is 10.2 Å². The lowest BCUT2D eigenvalue weighted by atomic mass is 9.54. The van der Waals surface area contributed by atoms with Crippen LogP contribution in [-0.2, 0) is 0 Å².